The molecule has 2 heterocycles. The van der Waals surface area contributed by atoms with Crippen molar-refractivity contribution in [2.45, 2.75) is 32.4 Å². The van der Waals surface area contributed by atoms with Crippen LogP contribution in [0.5, 0.6) is 11.5 Å². The third kappa shape index (κ3) is 4.70. The molecule has 2 aliphatic heterocycles. The average molecular weight is 471 g/mol. The van der Waals surface area contributed by atoms with E-state index in [0.29, 0.717) is 16.6 Å². The van der Waals surface area contributed by atoms with Crippen LogP contribution >= 0.6 is 11.8 Å². The summed E-state index contributed by atoms with van der Waals surface area (Å²) in [5, 5.41) is 11.7. The molecular formula is C27H26N4O2S. The number of benzene rings is 3. The lowest BCUT2D eigenvalue weighted by Crippen LogP contribution is -2.50. The molecule has 2 aliphatic rings. The van der Waals surface area contributed by atoms with E-state index < -0.39 is 6.17 Å². The fourth-order valence-electron chi connectivity index (χ4n) is 3.99. The van der Waals surface area contributed by atoms with Crippen molar-refractivity contribution in [3.05, 3.63) is 95.0 Å². The Kier molecular flexibility index (Phi) is 6.62. The van der Waals surface area contributed by atoms with E-state index in [2.05, 4.69) is 12.2 Å². The molecule has 0 aromatic heterocycles. The zero-order valence-corrected chi connectivity index (χ0v) is 19.8. The fraction of sp³-hybridized carbons (Fsp3) is 0.222. The second kappa shape index (κ2) is 10.1. The summed E-state index contributed by atoms with van der Waals surface area (Å²) in [4.78, 5) is 18.2. The second-order valence-electron chi connectivity index (χ2n) is 8.12. The van der Waals surface area contributed by atoms with Crippen molar-refractivity contribution >= 4 is 28.5 Å². The first-order valence-electron chi connectivity index (χ1n) is 11.5. The molecule has 3 aromatic carbocycles. The van der Waals surface area contributed by atoms with Crippen LogP contribution in [0.3, 0.4) is 0 Å². The van der Waals surface area contributed by atoms with E-state index in [1.54, 1.807) is 16.8 Å². The maximum Gasteiger partial charge on any atom is 0.276 e. The molecule has 1 N–H and O–H groups in total. The van der Waals surface area contributed by atoms with Crippen LogP contribution in [0.15, 0.2) is 89.0 Å². The normalized spacial score (nSPS) is 16.7. The number of thioether (sulfide) groups is 1. The van der Waals surface area contributed by atoms with Gasteiger partial charge < -0.3 is 4.74 Å². The second-order valence-corrected chi connectivity index (χ2v) is 9.20. The molecule has 1 amide bonds. The Labute approximate surface area is 203 Å². The Morgan fingerprint density at radius 2 is 1.76 bits per heavy atom. The van der Waals surface area contributed by atoms with Crippen LogP contribution in [-0.2, 0) is 4.79 Å². The molecule has 7 heteroatoms. The minimum Gasteiger partial charge on any atom is -0.457 e. The SMILES string of the molecule is CCCCCSC1=NN2C(=c3ccccc3=N[C@H]2c2cccc(Oc3ccccc3)c2)C(=O)N1. The Morgan fingerprint density at radius 3 is 2.62 bits per heavy atom. The lowest BCUT2D eigenvalue weighted by atomic mass is 10.1. The molecule has 0 aliphatic carbocycles. The maximum absolute atomic E-state index is 13.2. The molecule has 0 saturated heterocycles. The Balaban J connectivity index is 1.52. The van der Waals surface area contributed by atoms with E-state index >= 15 is 0 Å². The van der Waals surface area contributed by atoms with E-state index in [-0.39, 0.29) is 5.91 Å². The highest BCUT2D eigenvalue weighted by atomic mass is 32.2. The van der Waals surface area contributed by atoms with Gasteiger partial charge in [0.25, 0.3) is 5.91 Å². The number of carbonyl (C=O) groups excluding carboxylic acids is 1. The lowest BCUT2D eigenvalue weighted by Gasteiger charge is -2.34. The molecule has 3 aromatic rings. The summed E-state index contributed by atoms with van der Waals surface area (Å²) in [7, 11) is 0. The molecule has 0 fully saturated rings. The molecule has 172 valence electrons. The minimum atomic E-state index is -0.471. The number of hydrazone groups is 1. The van der Waals surface area contributed by atoms with Crippen molar-refractivity contribution in [1.29, 1.82) is 0 Å². The highest BCUT2D eigenvalue weighted by Gasteiger charge is 2.34. The van der Waals surface area contributed by atoms with Gasteiger partial charge in [-0.1, -0.05) is 80.1 Å². The number of fused-ring (bicyclic) bond motifs is 2. The fourth-order valence-corrected chi connectivity index (χ4v) is 4.85. The van der Waals surface area contributed by atoms with Gasteiger partial charge in [-0.25, -0.2) is 5.01 Å². The summed E-state index contributed by atoms with van der Waals surface area (Å²) in [6.45, 7) is 2.18. The number of unbranched alkanes of at least 4 members (excludes halogenated alkanes) is 2. The molecule has 0 spiro atoms. The summed E-state index contributed by atoms with van der Waals surface area (Å²) < 4.78 is 6.05. The van der Waals surface area contributed by atoms with Gasteiger partial charge in [-0.05, 0) is 36.8 Å². The predicted molar refractivity (Wildman–Crippen MR) is 136 cm³/mol. The molecular weight excluding hydrogens is 444 g/mol. The first kappa shape index (κ1) is 22.2. The van der Waals surface area contributed by atoms with Crippen LogP contribution in [-0.4, -0.2) is 21.8 Å². The standard InChI is InChI=1S/C27H26N4O2S/c1-2-3-9-17-34-27-29-26(32)24-22-15-7-8-16-23(22)28-25(31(24)30-27)19-11-10-14-21(18-19)33-20-12-5-4-6-13-20/h4-8,10-16,18,25H,2-3,9,17H2,1H3,(H,29,30,32)/t25-/m1/s1. The van der Waals surface area contributed by atoms with E-state index in [4.69, 9.17) is 14.8 Å². The van der Waals surface area contributed by atoms with Gasteiger partial charge in [-0.3, -0.25) is 15.1 Å². The number of nitrogens with zero attached hydrogens (tertiary/aromatic N) is 3. The van der Waals surface area contributed by atoms with Crippen LogP contribution in [0, 0.1) is 0 Å². The van der Waals surface area contributed by atoms with Crippen LogP contribution < -0.4 is 20.6 Å². The van der Waals surface area contributed by atoms with Gasteiger partial charge in [0, 0.05) is 16.5 Å². The summed E-state index contributed by atoms with van der Waals surface area (Å²) in [5.74, 6) is 2.23. The molecule has 0 saturated carbocycles. The van der Waals surface area contributed by atoms with Crippen LogP contribution in [0.2, 0.25) is 0 Å². The highest BCUT2D eigenvalue weighted by molar-refractivity contribution is 8.13. The van der Waals surface area contributed by atoms with Crippen molar-refractivity contribution in [2.24, 2.45) is 10.1 Å². The first-order valence-corrected chi connectivity index (χ1v) is 12.5. The molecule has 6 nitrogen and oxygen atoms in total. The van der Waals surface area contributed by atoms with Gasteiger partial charge in [0.2, 0.25) is 0 Å². The van der Waals surface area contributed by atoms with Crippen molar-refractivity contribution in [2.75, 3.05) is 5.75 Å². The van der Waals surface area contributed by atoms with Crippen molar-refractivity contribution in [1.82, 2.24) is 10.3 Å². The summed E-state index contributed by atoms with van der Waals surface area (Å²) in [6, 6.07) is 25.2. The van der Waals surface area contributed by atoms with Crippen molar-refractivity contribution in [3.8, 4) is 11.5 Å². The van der Waals surface area contributed by atoms with Gasteiger partial charge in [-0.2, -0.15) is 0 Å². The number of hydrogen-bond donors (Lipinski definition) is 1. The number of rotatable bonds is 7. The van der Waals surface area contributed by atoms with E-state index in [0.717, 1.165) is 46.9 Å². The van der Waals surface area contributed by atoms with Gasteiger partial charge in [0.1, 0.15) is 17.2 Å². The van der Waals surface area contributed by atoms with E-state index in [9.17, 15) is 4.79 Å². The van der Waals surface area contributed by atoms with Gasteiger partial charge in [0.05, 0.1) is 5.36 Å². The predicted octanol–water partition coefficient (Wildman–Crippen LogP) is 4.55. The smallest absolute Gasteiger partial charge is 0.276 e. The minimum absolute atomic E-state index is 0.156. The number of ether oxygens (including phenoxy) is 1. The quantitative estimate of drug-likeness (QED) is 0.515. The summed E-state index contributed by atoms with van der Waals surface area (Å²) in [5.41, 5.74) is 1.41. The number of para-hydroxylation sites is 2. The average Bonchev–Trinajstić information content (AvgIpc) is 2.87. The topological polar surface area (TPSA) is 66.3 Å². The third-order valence-corrected chi connectivity index (χ3v) is 6.59. The monoisotopic (exact) mass is 470 g/mol. The first-order chi connectivity index (χ1) is 16.7. The number of nitrogens with one attached hydrogen (secondary N) is 1. The molecule has 5 rings (SSSR count). The van der Waals surface area contributed by atoms with Crippen LogP contribution in [0.1, 0.15) is 37.9 Å². The lowest BCUT2D eigenvalue weighted by molar-refractivity contribution is -0.116. The van der Waals surface area contributed by atoms with Crippen LogP contribution in [0.25, 0.3) is 5.70 Å². The number of amides is 1. The van der Waals surface area contributed by atoms with Gasteiger partial charge in [0.15, 0.2) is 11.3 Å². The largest absolute Gasteiger partial charge is 0.457 e. The van der Waals surface area contributed by atoms with Crippen molar-refractivity contribution in [3.63, 3.8) is 0 Å². The molecule has 34 heavy (non-hydrogen) atoms. The molecule has 0 radical (unpaired) electrons. The zero-order valence-electron chi connectivity index (χ0n) is 19.0. The molecule has 0 bridgehead atoms. The van der Waals surface area contributed by atoms with Gasteiger partial charge in [-0.15, -0.1) is 5.10 Å². The van der Waals surface area contributed by atoms with E-state index in [1.165, 1.54) is 0 Å². The van der Waals surface area contributed by atoms with E-state index in [1.807, 2.05) is 78.9 Å². The Hall–Kier alpha value is -3.58. The number of carbonyl (C=O) groups is 1. The van der Waals surface area contributed by atoms with Crippen LogP contribution in [0.4, 0.5) is 0 Å². The molecule has 1 atom stereocenters. The third-order valence-electron chi connectivity index (χ3n) is 5.64. The Morgan fingerprint density at radius 1 is 0.971 bits per heavy atom. The van der Waals surface area contributed by atoms with Gasteiger partial charge >= 0.3 is 0 Å². The summed E-state index contributed by atoms with van der Waals surface area (Å²) in [6.07, 6.45) is 2.93. The zero-order chi connectivity index (χ0) is 23.3. The molecule has 0 unspecified atom stereocenters. The Bertz CT molecular complexity index is 1340. The maximum atomic E-state index is 13.2. The van der Waals surface area contributed by atoms with Crippen molar-refractivity contribution < 1.29 is 9.53 Å². The number of amidine groups is 1. The summed E-state index contributed by atoms with van der Waals surface area (Å²) >= 11 is 1.58. The highest BCUT2D eigenvalue weighted by Crippen LogP contribution is 2.33. The number of hydrogen-bond acceptors (Lipinski definition) is 6.